The van der Waals surface area contributed by atoms with Gasteiger partial charge in [0.05, 0.1) is 11.4 Å². The van der Waals surface area contributed by atoms with Crippen LogP contribution < -0.4 is 0 Å². The van der Waals surface area contributed by atoms with Crippen LogP contribution in [0.15, 0.2) is 194 Å². The van der Waals surface area contributed by atoms with Gasteiger partial charge in [0, 0.05) is 36.9 Å². The smallest absolute Gasteiger partial charge is 0.160 e. The highest BCUT2D eigenvalue weighted by molar-refractivity contribution is 7.25. The molecule has 0 radical (unpaired) electrons. The Labute approximate surface area is 312 Å². The largest absolute Gasteiger partial charge is 0.228 e. The molecule has 2 aromatic heterocycles. The van der Waals surface area contributed by atoms with Crippen molar-refractivity contribution in [3.8, 4) is 67.3 Å². The van der Waals surface area contributed by atoms with E-state index in [-0.39, 0.29) is 0 Å². The summed E-state index contributed by atoms with van der Waals surface area (Å²) in [5.74, 6) is 0.699. The van der Waals surface area contributed by atoms with Gasteiger partial charge in [0.2, 0.25) is 0 Å². The average Bonchev–Trinajstić information content (AvgIpc) is 3.62. The van der Waals surface area contributed by atoms with Gasteiger partial charge in [-0.3, -0.25) is 0 Å². The Balaban J connectivity index is 1.22. The molecule has 0 saturated carbocycles. The zero-order valence-corrected chi connectivity index (χ0v) is 29.6. The zero-order chi connectivity index (χ0) is 35.1. The first-order valence-corrected chi connectivity index (χ1v) is 18.7. The summed E-state index contributed by atoms with van der Waals surface area (Å²) in [5, 5.41) is 5.05. The molecule has 0 saturated heterocycles. The van der Waals surface area contributed by atoms with Crippen LogP contribution in [0.2, 0.25) is 0 Å². The van der Waals surface area contributed by atoms with E-state index in [0.29, 0.717) is 5.82 Å². The molecule has 0 unspecified atom stereocenters. The highest BCUT2D eigenvalue weighted by atomic mass is 32.1. The van der Waals surface area contributed by atoms with E-state index in [1.165, 1.54) is 42.1 Å². The minimum absolute atomic E-state index is 0.699. The molecule has 0 amide bonds. The maximum atomic E-state index is 5.30. The third kappa shape index (κ3) is 5.78. The Morgan fingerprint density at radius 2 is 0.906 bits per heavy atom. The molecule has 0 N–H and O–H groups in total. The third-order valence-electron chi connectivity index (χ3n) is 10.1. The van der Waals surface area contributed by atoms with Crippen LogP contribution in [0.25, 0.3) is 98.2 Å². The van der Waals surface area contributed by atoms with Crippen LogP contribution in [0.5, 0.6) is 0 Å². The van der Waals surface area contributed by atoms with Crippen LogP contribution in [-0.2, 0) is 0 Å². The molecule has 0 aliphatic carbocycles. The van der Waals surface area contributed by atoms with Gasteiger partial charge >= 0.3 is 0 Å². The molecule has 0 spiro atoms. The second-order valence-corrected chi connectivity index (χ2v) is 14.5. The van der Waals surface area contributed by atoms with E-state index < -0.39 is 0 Å². The number of fused-ring (bicyclic) bond motifs is 4. The van der Waals surface area contributed by atoms with Crippen molar-refractivity contribution >= 4 is 42.3 Å². The lowest BCUT2D eigenvalue weighted by Gasteiger charge is -2.15. The summed E-state index contributed by atoms with van der Waals surface area (Å²) in [4.78, 5) is 10.5. The number of hydrogen-bond acceptors (Lipinski definition) is 3. The van der Waals surface area contributed by atoms with Gasteiger partial charge in [0.15, 0.2) is 5.82 Å². The van der Waals surface area contributed by atoms with Crippen LogP contribution in [-0.4, -0.2) is 9.97 Å². The SMILES string of the molecule is c1ccc(-c2nc(-c3cc(-c4ccc5c(c4)sc4ccccc45)cc(-c4cccc5ccccc45)c3)cc(-c3ccccc3-c3ccccc3)n2)cc1. The predicted molar refractivity (Wildman–Crippen MR) is 225 cm³/mol. The second kappa shape index (κ2) is 13.1. The van der Waals surface area contributed by atoms with Crippen LogP contribution in [0, 0.1) is 0 Å². The highest BCUT2D eigenvalue weighted by Gasteiger charge is 2.17. The summed E-state index contributed by atoms with van der Waals surface area (Å²) >= 11 is 1.85. The van der Waals surface area contributed by atoms with Crippen molar-refractivity contribution in [1.29, 1.82) is 0 Å². The normalized spacial score (nSPS) is 11.4. The van der Waals surface area contributed by atoms with Crippen molar-refractivity contribution in [1.82, 2.24) is 9.97 Å². The molecular formula is C50H32N2S. The fraction of sp³-hybridized carbons (Fsp3) is 0. The average molecular weight is 693 g/mol. The lowest BCUT2D eigenvalue weighted by Crippen LogP contribution is -1.97. The summed E-state index contributed by atoms with van der Waals surface area (Å²) in [6.07, 6.45) is 0. The minimum atomic E-state index is 0.699. The number of hydrogen-bond donors (Lipinski definition) is 0. The second-order valence-electron chi connectivity index (χ2n) is 13.4. The number of aromatic nitrogens is 2. The summed E-state index contributed by atoms with van der Waals surface area (Å²) < 4.78 is 2.59. The van der Waals surface area contributed by atoms with Gasteiger partial charge in [-0.15, -0.1) is 11.3 Å². The van der Waals surface area contributed by atoms with Gasteiger partial charge in [-0.05, 0) is 80.6 Å². The molecule has 10 rings (SSSR count). The Hall–Kier alpha value is -6.68. The monoisotopic (exact) mass is 692 g/mol. The topological polar surface area (TPSA) is 25.8 Å². The van der Waals surface area contributed by atoms with E-state index in [4.69, 9.17) is 9.97 Å². The Morgan fingerprint density at radius 1 is 0.302 bits per heavy atom. The number of thiophene rings is 1. The molecule has 53 heavy (non-hydrogen) atoms. The number of benzene rings is 8. The molecule has 10 aromatic rings. The first kappa shape index (κ1) is 31.1. The quantitative estimate of drug-likeness (QED) is 0.173. The molecule has 3 heteroatoms. The lowest BCUT2D eigenvalue weighted by molar-refractivity contribution is 1.18. The molecule has 248 valence electrons. The Morgan fingerprint density at radius 3 is 1.75 bits per heavy atom. The summed E-state index contributed by atoms with van der Waals surface area (Å²) in [6, 6.07) is 69.3. The summed E-state index contributed by atoms with van der Waals surface area (Å²) in [6.45, 7) is 0. The molecule has 0 atom stereocenters. The van der Waals surface area contributed by atoms with Crippen molar-refractivity contribution in [2.24, 2.45) is 0 Å². The standard InChI is InChI=1S/C50H32N2S/c1-3-14-33(15-4-1)41-21-9-10-22-43(41)47-32-46(51-50(52-47)35-17-5-2-6-18-35)39-29-37(28-38(30-39)42-24-13-19-34-16-7-8-20-40(34)42)36-26-27-45-44-23-11-12-25-48(44)53-49(45)31-36/h1-32H. The van der Waals surface area contributed by atoms with E-state index >= 15 is 0 Å². The molecule has 0 bridgehead atoms. The van der Waals surface area contributed by atoms with E-state index in [1.807, 2.05) is 29.5 Å². The number of rotatable bonds is 6. The highest BCUT2D eigenvalue weighted by Crippen LogP contribution is 2.41. The molecule has 2 heterocycles. The van der Waals surface area contributed by atoms with Crippen molar-refractivity contribution in [3.63, 3.8) is 0 Å². The molecular weight excluding hydrogens is 661 g/mol. The Kier molecular flexibility index (Phi) is 7.71. The van der Waals surface area contributed by atoms with Gasteiger partial charge < -0.3 is 0 Å². The van der Waals surface area contributed by atoms with Crippen molar-refractivity contribution in [2.45, 2.75) is 0 Å². The fourth-order valence-electron chi connectivity index (χ4n) is 7.51. The van der Waals surface area contributed by atoms with Crippen molar-refractivity contribution in [2.75, 3.05) is 0 Å². The molecule has 2 nitrogen and oxygen atoms in total. The van der Waals surface area contributed by atoms with Crippen molar-refractivity contribution < 1.29 is 0 Å². The van der Waals surface area contributed by atoms with E-state index in [1.54, 1.807) is 0 Å². The van der Waals surface area contributed by atoms with Gasteiger partial charge in [-0.2, -0.15) is 0 Å². The maximum absolute atomic E-state index is 5.30. The van der Waals surface area contributed by atoms with Gasteiger partial charge in [-0.25, -0.2) is 9.97 Å². The van der Waals surface area contributed by atoms with Crippen molar-refractivity contribution in [3.05, 3.63) is 194 Å². The molecule has 0 fully saturated rings. The fourth-order valence-corrected chi connectivity index (χ4v) is 8.65. The van der Waals surface area contributed by atoms with E-state index in [9.17, 15) is 0 Å². The molecule has 8 aromatic carbocycles. The number of nitrogens with zero attached hydrogens (tertiary/aromatic N) is 2. The Bertz CT molecular complexity index is 2940. The first-order valence-electron chi connectivity index (χ1n) is 17.9. The zero-order valence-electron chi connectivity index (χ0n) is 28.8. The van der Waals surface area contributed by atoms with Gasteiger partial charge in [0.25, 0.3) is 0 Å². The van der Waals surface area contributed by atoms with E-state index in [2.05, 4.69) is 176 Å². The third-order valence-corrected chi connectivity index (χ3v) is 11.2. The van der Waals surface area contributed by atoms with Gasteiger partial charge in [-0.1, -0.05) is 158 Å². The predicted octanol–water partition coefficient (Wildman–Crippen LogP) is 14.0. The summed E-state index contributed by atoms with van der Waals surface area (Å²) in [7, 11) is 0. The van der Waals surface area contributed by atoms with Gasteiger partial charge in [0.1, 0.15) is 0 Å². The van der Waals surface area contributed by atoms with Crippen LogP contribution >= 0.6 is 11.3 Å². The summed E-state index contributed by atoms with van der Waals surface area (Å²) in [5.41, 5.74) is 11.8. The molecule has 0 aliphatic rings. The first-order chi connectivity index (χ1) is 26.2. The molecule has 0 aliphatic heterocycles. The lowest BCUT2D eigenvalue weighted by atomic mass is 9.91. The van der Waals surface area contributed by atoms with E-state index in [0.717, 1.165) is 50.3 Å². The van der Waals surface area contributed by atoms with Crippen LogP contribution in [0.4, 0.5) is 0 Å². The van der Waals surface area contributed by atoms with Crippen LogP contribution in [0.1, 0.15) is 0 Å². The minimum Gasteiger partial charge on any atom is -0.228 e. The maximum Gasteiger partial charge on any atom is 0.160 e. The van der Waals surface area contributed by atoms with Crippen LogP contribution in [0.3, 0.4) is 0 Å².